The predicted molar refractivity (Wildman–Crippen MR) is 61.2 cm³/mol. The highest BCUT2D eigenvalue weighted by Gasteiger charge is 2.33. The third-order valence-corrected chi connectivity index (χ3v) is 3.80. The van der Waals surface area contributed by atoms with Gasteiger partial charge in [0, 0.05) is 6.54 Å². The maximum absolute atomic E-state index is 12.6. The van der Waals surface area contributed by atoms with Crippen molar-refractivity contribution in [1.29, 1.82) is 0 Å². The molecule has 2 rings (SSSR count). The van der Waals surface area contributed by atoms with Crippen LogP contribution in [0.2, 0.25) is 0 Å². The van der Waals surface area contributed by atoms with Gasteiger partial charge in [0.2, 0.25) is 0 Å². The lowest BCUT2D eigenvalue weighted by Crippen LogP contribution is -2.10. The van der Waals surface area contributed by atoms with Crippen LogP contribution in [0.5, 0.6) is 0 Å². The molecule has 2 aromatic heterocycles. The van der Waals surface area contributed by atoms with Crippen LogP contribution in [-0.4, -0.2) is 15.2 Å². The summed E-state index contributed by atoms with van der Waals surface area (Å²) in [5.41, 5.74) is 6.58. The van der Waals surface area contributed by atoms with Crippen molar-refractivity contribution in [2.75, 3.05) is 0 Å². The smallest absolute Gasteiger partial charge is 0.326 e. The average molecular weight is 292 g/mol. The lowest BCUT2D eigenvalue weighted by molar-refractivity contribution is -0.141. The lowest BCUT2D eigenvalue weighted by atomic mass is 10.2. The molecule has 4 nitrogen and oxygen atoms in total. The standard InChI is InChI=1S/C9H7F3N4S2/c10-9(11,12)6-2-1-5(3-13)7(15-6)18-8-16-14-4-17-8/h1-2,4H,3,13H2. The number of alkyl halides is 3. The maximum atomic E-state index is 12.6. The second-order valence-corrected chi connectivity index (χ2v) is 5.24. The topological polar surface area (TPSA) is 64.7 Å². The number of hydrogen-bond donors (Lipinski definition) is 1. The van der Waals surface area contributed by atoms with Crippen LogP contribution in [-0.2, 0) is 12.7 Å². The minimum atomic E-state index is -4.47. The zero-order chi connectivity index (χ0) is 13.2. The van der Waals surface area contributed by atoms with E-state index in [-0.39, 0.29) is 11.6 Å². The molecule has 0 bridgehead atoms. The molecule has 0 spiro atoms. The predicted octanol–water partition coefficient (Wildman–Crippen LogP) is 2.56. The molecular weight excluding hydrogens is 285 g/mol. The zero-order valence-corrected chi connectivity index (χ0v) is 10.4. The van der Waals surface area contributed by atoms with E-state index in [9.17, 15) is 13.2 Å². The molecule has 2 heterocycles. The monoisotopic (exact) mass is 292 g/mol. The summed E-state index contributed by atoms with van der Waals surface area (Å²) >= 11 is 2.26. The van der Waals surface area contributed by atoms with Gasteiger partial charge in [0.25, 0.3) is 0 Å². The van der Waals surface area contributed by atoms with Crippen molar-refractivity contribution in [1.82, 2.24) is 15.2 Å². The number of halogens is 3. The van der Waals surface area contributed by atoms with Gasteiger partial charge in [0.05, 0.1) is 0 Å². The summed E-state index contributed by atoms with van der Waals surface area (Å²) in [7, 11) is 0. The van der Waals surface area contributed by atoms with Crippen molar-refractivity contribution in [3.63, 3.8) is 0 Å². The third-order valence-electron chi connectivity index (χ3n) is 1.97. The van der Waals surface area contributed by atoms with Crippen LogP contribution >= 0.6 is 23.1 Å². The zero-order valence-electron chi connectivity index (χ0n) is 8.81. The first-order valence-electron chi connectivity index (χ1n) is 4.72. The van der Waals surface area contributed by atoms with E-state index in [2.05, 4.69) is 15.2 Å². The van der Waals surface area contributed by atoms with Crippen molar-refractivity contribution >= 4 is 23.1 Å². The Morgan fingerprint density at radius 3 is 2.67 bits per heavy atom. The van der Waals surface area contributed by atoms with Crippen molar-refractivity contribution in [3.8, 4) is 0 Å². The molecule has 0 unspecified atom stereocenters. The molecule has 0 saturated carbocycles. The summed E-state index contributed by atoms with van der Waals surface area (Å²) in [6.45, 7) is 0.117. The van der Waals surface area contributed by atoms with Crippen LogP contribution in [0.3, 0.4) is 0 Å². The van der Waals surface area contributed by atoms with Crippen LogP contribution in [0.1, 0.15) is 11.3 Å². The second-order valence-electron chi connectivity index (χ2n) is 3.17. The largest absolute Gasteiger partial charge is 0.433 e. The normalized spacial score (nSPS) is 11.8. The molecule has 0 aromatic carbocycles. The van der Waals surface area contributed by atoms with Gasteiger partial charge in [0.15, 0.2) is 4.34 Å². The van der Waals surface area contributed by atoms with Gasteiger partial charge in [-0.15, -0.1) is 10.2 Å². The first-order chi connectivity index (χ1) is 8.50. The highest BCUT2D eigenvalue weighted by atomic mass is 32.2. The molecule has 0 saturated heterocycles. The molecule has 2 N–H and O–H groups in total. The molecular formula is C9H7F3N4S2. The number of rotatable bonds is 3. The number of nitrogens with two attached hydrogens (primary N) is 1. The molecule has 0 amide bonds. The fourth-order valence-corrected chi connectivity index (χ4v) is 2.68. The van der Waals surface area contributed by atoms with E-state index in [1.807, 2.05) is 0 Å². The molecule has 0 atom stereocenters. The van der Waals surface area contributed by atoms with E-state index in [0.717, 1.165) is 17.8 Å². The molecule has 0 aliphatic heterocycles. The van der Waals surface area contributed by atoms with E-state index in [4.69, 9.17) is 5.73 Å². The number of nitrogens with zero attached hydrogens (tertiary/aromatic N) is 3. The van der Waals surface area contributed by atoms with Crippen molar-refractivity contribution in [3.05, 3.63) is 28.9 Å². The first-order valence-corrected chi connectivity index (χ1v) is 6.41. The quantitative estimate of drug-likeness (QED) is 0.942. The van der Waals surface area contributed by atoms with Gasteiger partial charge in [0.1, 0.15) is 16.2 Å². The lowest BCUT2D eigenvalue weighted by Gasteiger charge is -2.09. The van der Waals surface area contributed by atoms with Gasteiger partial charge >= 0.3 is 6.18 Å². The molecule has 9 heteroatoms. The number of pyridine rings is 1. The van der Waals surface area contributed by atoms with Gasteiger partial charge in [-0.25, -0.2) is 4.98 Å². The number of hydrogen-bond acceptors (Lipinski definition) is 6. The van der Waals surface area contributed by atoms with Crippen molar-refractivity contribution in [2.24, 2.45) is 5.73 Å². The fourth-order valence-electron chi connectivity index (χ4n) is 1.16. The Bertz CT molecular complexity index is 527. The van der Waals surface area contributed by atoms with Gasteiger partial charge in [-0.1, -0.05) is 17.4 Å². The van der Waals surface area contributed by atoms with E-state index in [0.29, 0.717) is 9.90 Å². The minimum Gasteiger partial charge on any atom is -0.326 e. The molecule has 96 valence electrons. The minimum absolute atomic E-state index is 0.117. The Morgan fingerprint density at radius 1 is 1.33 bits per heavy atom. The SMILES string of the molecule is NCc1ccc(C(F)(F)F)nc1Sc1nncs1. The summed E-state index contributed by atoms with van der Waals surface area (Å²) in [5.74, 6) is 0. The molecule has 2 aromatic rings. The Morgan fingerprint density at radius 2 is 2.11 bits per heavy atom. The molecule has 0 aliphatic rings. The Labute approximate surface area is 108 Å². The van der Waals surface area contributed by atoms with Gasteiger partial charge in [-0.3, -0.25) is 0 Å². The Hall–Kier alpha value is -1.19. The maximum Gasteiger partial charge on any atom is 0.433 e. The number of aromatic nitrogens is 3. The Kier molecular flexibility index (Phi) is 3.83. The van der Waals surface area contributed by atoms with E-state index < -0.39 is 11.9 Å². The van der Waals surface area contributed by atoms with E-state index in [1.165, 1.54) is 22.9 Å². The van der Waals surface area contributed by atoms with Gasteiger partial charge in [-0.2, -0.15) is 13.2 Å². The summed E-state index contributed by atoms with van der Waals surface area (Å²) in [6.07, 6.45) is -4.47. The summed E-state index contributed by atoms with van der Waals surface area (Å²) in [5, 5.41) is 7.57. The average Bonchev–Trinajstić information content (AvgIpc) is 2.80. The molecule has 0 fully saturated rings. The summed E-state index contributed by atoms with van der Waals surface area (Å²) in [4.78, 5) is 3.59. The summed E-state index contributed by atoms with van der Waals surface area (Å²) in [6, 6.07) is 2.26. The molecule has 18 heavy (non-hydrogen) atoms. The fraction of sp³-hybridized carbons (Fsp3) is 0.222. The molecule has 0 radical (unpaired) electrons. The van der Waals surface area contributed by atoms with Crippen LogP contribution in [0, 0.1) is 0 Å². The Balaban J connectivity index is 2.37. The first kappa shape index (κ1) is 13.2. The molecule has 0 aliphatic carbocycles. The highest BCUT2D eigenvalue weighted by Crippen LogP contribution is 2.34. The second kappa shape index (κ2) is 5.21. The third kappa shape index (κ3) is 2.98. The van der Waals surface area contributed by atoms with E-state index >= 15 is 0 Å². The van der Waals surface area contributed by atoms with E-state index in [1.54, 1.807) is 0 Å². The van der Waals surface area contributed by atoms with Crippen LogP contribution in [0.4, 0.5) is 13.2 Å². The van der Waals surface area contributed by atoms with Crippen LogP contribution in [0.25, 0.3) is 0 Å². The van der Waals surface area contributed by atoms with Crippen molar-refractivity contribution < 1.29 is 13.2 Å². The van der Waals surface area contributed by atoms with Crippen LogP contribution in [0.15, 0.2) is 27.0 Å². The van der Waals surface area contributed by atoms with Gasteiger partial charge < -0.3 is 5.73 Å². The van der Waals surface area contributed by atoms with Crippen molar-refractivity contribution in [2.45, 2.75) is 22.1 Å². The highest BCUT2D eigenvalue weighted by molar-refractivity contribution is 8.01. The van der Waals surface area contributed by atoms with Crippen LogP contribution < -0.4 is 5.73 Å². The summed E-state index contributed by atoms with van der Waals surface area (Å²) < 4.78 is 38.2. The van der Waals surface area contributed by atoms with Gasteiger partial charge in [-0.05, 0) is 23.4 Å².